The van der Waals surface area contributed by atoms with Gasteiger partial charge in [0.15, 0.2) is 0 Å². The minimum atomic E-state index is 0.0400. The molecule has 2 aromatic heterocycles. The molecule has 20 heavy (non-hydrogen) atoms. The van der Waals surface area contributed by atoms with Crippen molar-refractivity contribution < 1.29 is 4.79 Å². The lowest BCUT2D eigenvalue weighted by molar-refractivity contribution is 0.0823. The van der Waals surface area contributed by atoms with Crippen molar-refractivity contribution in [3.8, 4) is 0 Å². The van der Waals surface area contributed by atoms with Gasteiger partial charge in [-0.25, -0.2) is 0 Å². The number of nitrogens with one attached hydrogen (secondary N) is 1. The van der Waals surface area contributed by atoms with Crippen molar-refractivity contribution in [3.63, 3.8) is 0 Å². The summed E-state index contributed by atoms with van der Waals surface area (Å²) in [5.41, 5.74) is 3.22. The van der Waals surface area contributed by atoms with E-state index in [0.717, 1.165) is 12.1 Å². The van der Waals surface area contributed by atoms with E-state index in [9.17, 15) is 4.79 Å². The maximum Gasteiger partial charge on any atom is 0.269 e. The minimum absolute atomic E-state index is 0.0400. The summed E-state index contributed by atoms with van der Waals surface area (Å²) in [6, 6.07) is 1.99. The number of fused-ring (bicyclic) bond motifs is 1. The molecule has 1 fully saturated rings. The average Bonchev–Trinajstić information content (AvgIpc) is 3.08. The molecule has 108 valence electrons. The summed E-state index contributed by atoms with van der Waals surface area (Å²) in [5.74, 6) is 0.0400. The molecule has 1 aliphatic rings. The van der Waals surface area contributed by atoms with Crippen LogP contribution in [0.15, 0.2) is 6.07 Å². The molecular weight excluding hydrogens is 270 g/mol. The second kappa shape index (κ2) is 5.22. The fourth-order valence-corrected chi connectivity index (χ4v) is 3.93. The Labute approximate surface area is 123 Å². The number of carbonyl (C=O) groups excluding carboxylic acids is 1. The molecule has 5 heteroatoms. The molecule has 0 saturated carbocycles. The number of nitrogens with zero attached hydrogens (tertiary/aromatic N) is 2. The highest BCUT2D eigenvalue weighted by molar-refractivity contribution is 7.19. The van der Waals surface area contributed by atoms with Crippen LogP contribution in [-0.2, 0) is 6.54 Å². The molecule has 1 saturated heterocycles. The number of hydrogen-bond acceptors (Lipinski definition) is 3. The third-order valence-electron chi connectivity index (χ3n) is 3.99. The Morgan fingerprint density at radius 3 is 2.75 bits per heavy atom. The summed E-state index contributed by atoms with van der Waals surface area (Å²) in [6.45, 7) is 5.57. The third kappa shape index (κ3) is 2.36. The van der Waals surface area contributed by atoms with Crippen molar-refractivity contribution in [1.29, 1.82) is 0 Å². The van der Waals surface area contributed by atoms with E-state index in [1.165, 1.54) is 41.1 Å². The van der Waals surface area contributed by atoms with E-state index >= 15 is 0 Å². The zero-order chi connectivity index (χ0) is 14.3. The summed E-state index contributed by atoms with van der Waals surface area (Å²) in [6.07, 6.45) is 2.61. The van der Waals surface area contributed by atoms with Gasteiger partial charge in [-0.3, -0.25) is 9.69 Å². The number of hydrogen-bond donors (Lipinski definition) is 1. The van der Waals surface area contributed by atoms with E-state index in [1.807, 2.05) is 6.07 Å². The molecule has 1 N–H and O–H groups in total. The van der Waals surface area contributed by atoms with E-state index in [0.29, 0.717) is 5.69 Å². The molecule has 0 spiro atoms. The van der Waals surface area contributed by atoms with Crippen LogP contribution in [0.25, 0.3) is 10.2 Å². The van der Waals surface area contributed by atoms with Crippen molar-refractivity contribution in [1.82, 2.24) is 14.8 Å². The van der Waals surface area contributed by atoms with Crippen molar-refractivity contribution in [2.45, 2.75) is 26.3 Å². The molecule has 4 nitrogen and oxygen atoms in total. The Bertz CT molecular complexity index is 635. The molecule has 0 bridgehead atoms. The van der Waals surface area contributed by atoms with E-state index < -0.39 is 0 Å². The van der Waals surface area contributed by atoms with Crippen LogP contribution in [0.2, 0.25) is 0 Å². The third-order valence-corrected chi connectivity index (χ3v) is 5.08. The fourth-order valence-electron chi connectivity index (χ4n) is 2.85. The standard InChI is InChI=1S/C15H21N3OS/c1-10-11(9-18-6-4-5-7-18)14-13(20-10)8-12(16-14)15(19)17(2)3/h8,16H,4-7,9H2,1-3H3. The molecule has 0 atom stereocenters. The van der Waals surface area contributed by atoms with Crippen molar-refractivity contribution in [2.24, 2.45) is 0 Å². The second-order valence-corrected chi connectivity index (χ2v) is 7.00. The van der Waals surface area contributed by atoms with Gasteiger partial charge in [0.2, 0.25) is 0 Å². The van der Waals surface area contributed by atoms with Crippen LogP contribution < -0.4 is 0 Å². The Hall–Kier alpha value is -1.33. The first-order valence-corrected chi connectivity index (χ1v) is 7.93. The smallest absolute Gasteiger partial charge is 0.269 e. The lowest BCUT2D eigenvalue weighted by Gasteiger charge is -2.14. The van der Waals surface area contributed by atoms with Gasteiger partial charge in [-0.1, -0.05) is 0 Å². The molecule has 3 heterocycles. The van der Waals surface area contributed by atoms with Gasteiger partial charge >= 0.3 is 0 Å². The largest absolute Gasteiger partial charge is 0.350 e. The number of amides is 1. The van der Waals surface area contributed by atoms with Crippen molar-refractivity contribution >= 4 is 27.5 Å². The Kier molecular flexibility index (Phi) is 3.56. The average molecular weight is 291 g/mol. The summed E-state index contributed by atoms with van der Waals surface area (Å²) in [5, 5.41) is 0. The topological polar surface area (TPSA) is 39.3 Å². The van der Waals surface area contributed by atoms with Crippen molar-refractivity contribution in [2.75, 3.05) is 27.2 Å². The van der Waals surface area contributed by atoms with Gasteiger partial charge in [-0.15, -0.1) is 11.3 Å². The summed E-state index contributed by atoms with van der Waals surface area (Å²) in [4.78, 5) is 20.9. The van der Waals surface area contributed by atoms with Crippen LogP contribution in [0.4, 0.5) is 0 Å². The highest BCUT2D eigenvalue weighted by Crippen LogP contribution is 2.32. The predicted molar refractivity (Wildman–Crippen MR) is 83.4 cm³/mol. The molecule has 1 aliphatic heterocycles. The number of aromatic nitrogens is 1. The number of likely N-dealkylation sites (tertiary alicyclic amines) is 1. The summed E-state index contributed by atoms with van der Waals surface area (Å²) in [7, 11) is 3.57. The van der Waals surface area contributed by atoms with Gasteiger partial charge in [-0.05, 0) is 38.9 Å². The molecule has 3 rings (SSSR count). The maximum absolute atomic E-state index is 12.0. The van der Waals surface area contributed by atoms with Gasteiger partial charge in [0.1, 0.15) is 5.69 Å². The van der Waals surface area contributed by atoms with Crippen LogP contribution in [0.5, 0.6) is 0 Å². The molecule has 0 unspecified atom stereocenters. The van der Waals surface area contributed by atoms with E-state index in [-0.39, 0.29) is 5.91 Å². The minimum Gasteiger partial charge on any atom is -0.350 e. The molecular formula is C15H21N3OS. The predicted octanol–water partition coefficient (Wildman–Crippen LogP) is 2.84. The van der Waals surface area contributed by atoms with Gasteiger partial charge < -0.3 is 9.88 Å². The normalized spacial score (nSPS) is 16.1. The molecule has 0 aromatic carbocycles. The lowest BCUT2D eigenvalue weighted by Crippen LogP contribution is -2.22. The molecule has 1 amide bonds. The number of rotatable bonds is 3. The van der Waals surface area contributed by atoms with Crippen LogP contribution in [0.3, 0.4) is 0 Å². The maximum atomic E-state index is 12.0. The highest BCUT2D eigenvalue weighted by atomic mass is 32.1. The number of aromatic amines is 1. The zero-order valence-corrected chi connectivity index (χ0v) is 13.1. The first-order valence-electron chi connectivity index (χ1n) is 7.11. The van der Waals surface area contributed by atoms with Gasteiger partial charge in [0.05, 0.1) is 10.2 Å². The number of carbonyl (C=O) groups is 1. The lowest BCUT2D eigenvalue weighted by atomic mass is 10.2. The highest BCUT2D eigenvalue weighted by Gasteiger charge is 2.19. The quantitative estimate of drug-likeness (QED) is 0.944. The summed E-state index contributed by atoms with van der Waals surface area (Å²) < 4.78 is 1.20. The molecule has 0 aliphatic carbocycles. The zero-order valence-electron chi connectivity index (χ0n) is 12.3. The van der Waals surface area contributed by atoms with E-state index in [4.69, 9.17) is 0 Å². The Morgan fingerprint density at radius 1 is 1.40 bits per heavy atom. The van der Waals surface area contributed by atoms with Crippen LogP contribution in [0, 0.1) is 6.92 Å². The molecule has 2 aromatic rings. The number of H-pyrrole nitrogens is 1. The van der Waals surface area contributed by atoms with Gasteiger partial charge in [0.25, 0.3) is 5.91 Å². The van der Waals surface area contributed by atoms with Crippen LogP contribution in [0.1, 0.15) is 33.8 Å². The van der Waals surface area contributed by atoms with Gasteiger partial charge in [-0.2, -0.15) is 0 Å². The van der Waals surface area contributed by atoms with Gasteiger partial charge in [0, 0.05) is 31.1 Å². The van der Waals surface area contributed by atoms with Crippen LogP contribution >= 0.6 is 11.3 Å². The Balaban J connectivity index is 1.94. The number of aryl methyl sites for hydroxylation is 1. The fraction of sp³-hybridized carbons (Fsp3) is 0.533. The van der Waals surface area contributed by atoms with Crippen molar-refractivity contribution in [3.05, 3.63) is 22.2 Å². The first-order chi connectivity index (χ1) is 9.56. The van der Waals surface area contributed by atoms with Crippen LogP contribution in [-0.4, -0.2) is 47.9 Å². The number of thiophene rings is 1. The van der Waals surface area contributed by atoms with E-state index in [1.54, 1.807) is 30.3 Å². The first kappa shape index (κ1) is 13.6. The van der Waals surface area contributed by atoms with E-state index in [2.05, 4.69) is 16.8 Å². The summed E-state index contributed by atoms with van der Waals surface area (Å²) >= 11 is 1.78. The Morgan fingerprint density at radius 2 is 2.10 bits per heavy atom. The monoisotopic (exact) mass is 291 g/mol. The second-order valence-electron chi connectivity index (χ2n) is 5.74. The molecule has 0 radical (unpaired) electrons. The SMILES string of the molecule is Cc1sc2cc(C(=O)N(C)C)[nH]c2c1CN1CCCC1.